The van der Waals surface area contributed by atoms with Crippen molar-refractivity contribution in [1.29, 1.82) is 0 Å². The second kappa shape index (κ2) is 10.3. The molecule has 0 aliphatic heterocycles. The van der Waals surface area contributed by atoms with Crippen LogP contribution in [-0.4, -0.2) is 30.9 Å². The van der Waals surface area contributed by atoms with Gasteiger partial charge in [0.05, 0.1) is 0 Å². The van der Waals surface area contributed by atoms with Gasteiger partial charge in [0.25, 0.3) is 5.91 Å². The van der Waals surface area contributed by atoms with Crippen LogP contribution in [0.3, 0.4) is 0 Å². The lowest BCUT2D eigenvalue weighted by molar-refractivity contribution is -0.131. The maximum atomic E-state index is 12.1. The lowest BCUT2D eigenvalue weighted by Gasteiger charge is -2.08. The minimum absolute atomic E-state index is 0.0870. The molecule has 2 rings (SSSR count). The van der Waals surface area contributed by atoms with Crippen molar-refractivity contribution in [1.82, 2.24) is 10.6 Å². The molecule has 0 saturated carbocycles. The number of hydrogen-bond donors (Lipinski definition) is 2. The van der Waals surface area contributed by atoms with Crippen molar-refractivity contribution in [3.8, 4) is 5.75 Å². The molecule has 2 aromatic rings. The molecular weight excluding hydrogens is 368 g/mol. The Morgan fingerprint density at radius 1 is 1.00 bits per heavy atom. The van der Waals surface area contributed by atoms with Gasteiger partial charge in [-0.3, -0.25) is 14.4 Å². The third kappa shape index (κ3) is 7.50. The molecule has 0 spiro atoms. The van der Waals surface area contributed by atoms with Gasteiger partial charge in [0, 0.05) is 37.0 Å². The standard InChI is InChI=1S/C20H21ClN2O4/c1-14(24)27-18-4-2-3-16(13-18)20(26)23-12-11-22-19(25)10-7-15-5-8-17(21)9-6-15/h2-6,8-9,13H,7,10-12H2,1H3,(H,22,25)(H,23,26). The van der Waals surface area contributed by atoms with Crippen LogP contribution in [0.4, 0.5) is 0 Å². The Morgan fingerprint density at radius 2 is 1.70 bits per heavy atom. The molecule has 0 heterocycles. The predicted molar refractivity (Wildman–Crippen MR) is 103 cm³/mol. The molecule has 0 fully saturated rings. The van der Waals surface area contributed by atoms with E-state index in [1.807, 2.05) is 12.1 Å². The quantitative estimate of drug-likeness (QED) is 0.413. The van der Waals surface area contributed by atoms with Crippen LogP contribution in [0.15, 0.2) is 48.5 Å². The van der Waals surface area contributed by atoms with E-state index in [9.17, 15) is 14.4 Å². The van der Waals surface area contributed by atoms with Crippen molar-refractivity contribution in [3.05, 3.63) is 64.7 Å². The smallest absolute Gasteiger partial charge is 0.308 e. The number of nitrogens with one attached hydrogen (secondary N) is 2. The van der Waals surface area contributed by atoms with Gasteiger partial charge in [-0.25, -0.2) is 0 Å². The molecule has 0 unspecified atom stereocenters. The van der Waals surface area contributed by atoms with Crippen molar-refractivity contribution in [2.75, 3.05) is 13.1 Å². The Labute approximate surface area is 162 Å². The van der Waals surface area contributed by atoms with Crippen LogP contribution in [0.2, 0.25) is 5.02 Å². The molecule has 0 radical (unpaired) electrons. The van der Waals surface area contributed by atoms with Gasteiger partial charge < -0.3 is 15.4 Å². The van der Waals surface area contributed by atoms with E-state index in [0.29, 0.717) is 42.3 Å². The number of rotatable bonds is 8. The van der Waals surface area contributed by atoms with Crippen molar-refractivity contribution in [2.24, 2.45) is 0 Å². The number of aryl methyl sites for hydroxylation is 1. The lowest BCUT2D eigenvalue weighted by atomic mass is 10.1. The minimum atomic E-state index is -0.450. The molecule has 142 valence electrons. The third-order valence-corrected chi connectivity index (χ3v) is 3.90. The zero-order valence-corrected chi connectivity index (χ0v) is 15.7. The Morgan fingerprint density at radius 3 is 2.41 bits per heavy atom. The zero-order chi connectivity index (χ0) is 19.6. The number of esters is 1. The zero-order valence-electron chi connectivity index (χ0n) is 15.0. The maximum absolute atomic E-state index is 12.1. The van der Waals surface area contributed by atoms with Crippen molar-refractivity contribution < 1.29 is 19.1 Å². The summed E-state index contributed by atoms with van der Waals surface area (Å²) in [4.78, 5) is 34.9. The Bertz CT molecular complexity index is 806. The van der Waals surface area contributed by atoms with E-state index in [4.69, 9.17) is 16.3 Å². The van der Waals surface area contributed by atoms with Gasteiger partial charge in [-0.1, -0.05) is 29.8 Å². The predicted octanol–water partition coefficient (Wildman–Crippen LogP) is 2.74. The van der Waals surface area contributed by atoms with Crippen LogP contribution in [0.25, 0.3) is 0 Å². The number of carbonyl (C=O) groups is 3. The van der Waals surface area contributed by atoms with Gasteiger partial charge in [-0.05, 0) is 42.3 Å². The molecule has 6 nitrogen and oxygen atoms in total. The molecule has 0 aliphatic rings. The highest BCUT2D eigenvalue weighted by molar-refractivity contribution is 6.30. The summed E-state index contributed by atoms with van der Waals surface area (Å²) in [5.74, 6) is -0.532. The molecule has 0 aromatic heterocycles. The van der Waals surface area contributed by atoms with Crippen LogP contribution in [0, 0.1) is 0 Å². The SMILES string of the molecule is CC(=O)Oc1cccc(C(=O)NCCNC(=O)CCc2ccc(Cl)cc2)c1. The molecule has 0 aliphatic carbocycles. The molecule has 2 amide bonds. The first-order chi connectivity index (χ1) is 12.9. The van der Waals surface area contributed by atoms with Gasteiger partial charge in [-0.15, -0.1) is 0 Å². The summed E-state index contributed by atoms with van der Waals surface area (Å²) < 4.78 is 4.95. The Hall–Kier alpha value is -2.86. The number of amides is 2. The fraction of sp³-hybridized carbons (Fsp3) is 0.250. The Balaban J connectivity index is 1.68. The van der Waals surface area contributed by atoms with E-state index in [-0.39, 0.29) is 11.8 Å². The van der Waals surface area contributed by atoms with Gasteiger partial charge in [0.15, 0.2) is 0 Å². The highest BCUT2D eigenvalue weighted by Gasteiger charge is 2.08. The fourth-order valence-corrected chi connectivity index (χ4v) is 2.47. The molecule has 0 bridgehead atoms. The number of benzene rings is 2. The summed E-state index contributed by atoms with van der Waals surface area (Å²) >= 11 is 5.82. The highest BCUT2D eigenvalue weighted by Crippen LogP contribution is 2.13. The van der Waals surface area contributed by atoms with Crippen LogP contribution in [0.1, 0.15) is 29.3 Å². The summed E-state index contributed by atoms with van der Waals surface area (Å²) in [5.41, 5.74) is 1.42. The molecule has 2 N–H and O–H groups in total. The summed E-state index contributed by atoms with van der Waals surface area (Å²) in [6.45, 7) is 1.92. The van der Waals surface area contributed by atoms with E-state index in [2.05, 4.69) is 10.6 Å². The van der Waals surface area contributed by atoms with E-state index in [1.165, 1.54) is 13.0 Å². The van der Waals surface area contributed by atoms with Crippen molar-refractivity contribution in [2.45, 2.75) is 19.8 Å². The highest BCUT2D eigenvalue weighted by atomic mass is 35.5. The average molecular weight is 389 g/mol. The van der Waals surface area contributed by atoms with Crippen LogP contribution >= 0.6 is 11.6 Å². The molecule has 2 aromatic carbocycles. The number of hydrogen-bond acceptors (Lipinski definition) is 4. The molecule has 0 atom stereocenters. The summed E-state index contributed by atoms with van der Waals surface area (Å²) in [6.07, 6.45) is 0.984. The van der Waals surface area contributed by atoms with Gasteiger partial charge in [0.1, 0.15) is 5.75 Å². The van der Waals surface area contributed by atoms with Crippen LogP contribution in [-0.2, 0) is 16.0 Å². The second-order valence-electron chi connectivity index (χ2n) is 5.85. The summed E-state index contributed by atoms with van der Waals surface area (Å²) in [5, 5.41) is 6.13. The summed E-state index contributed by atoms with van der Waals surface area (Å²) in [7, 11) is 0. The van der Waals surface area contributed by atoms with E-state index in [1.54, 1.807) is 30.3 Å². The molecule has 27 heavy (non-hydrogen) atoms. The van der Waals surface area contributed by atoms with Gasteiger partial charge >= 0.3 is 5.97 Å². The lowest BCUT2D eigenvalue weighted by Crippen LogP contribution is -2.34. The largest absolute Gasteiger partial charge is 0.427 e. The number of carbonyl (C=O) groups excluding carboxylic acids is 3. The second-order valence-corrected chi connectivity index (χ2v) is 6.29. The molecular formula is C20H21ClN2O4. The van der Waals surface area contributed by atoms with Gasteiger partial charge in [-0.2, -0.15) is 0 Å². The normalized spacial score (nSPS) is 10.1. The maximum Gasteiger partial charge on any atom is 0.308 e. The van der Waals surface area contributed by atoms with Crippen LogP contribution in [0.5, 0.6) is 5.75 Å². The van der Waals surface area contributed by atoms with E-state index in [0.717, 1.165) is 5.56 Å². The van der Waals surface area contributed by atoms with Crippen molar-refractivity contribution in [3.63, 3.8) is 0 Å². The number of ether oxygens (including phenoxy) is 1. The first-order valence-corrected chi connectivity index (χ1v) is 8.89. The first-order valence-electron chi connectivity index (χ1n) is 8.52. The third-order valence-electron chi connectivity index (χ3n) is 3.64. The van der Waals surface area contributed by atoms with E-state index < -0.39 is 5.97 Å². The summed E-state index contributed by atoms with van der Waals surface area (Å²) in [6, 6.07) is 13.7. The topological polar surface area (TPSA) is 84.5 Å². The molecule has 0 saturated heterocycles. The first kappa shape index (κ1) is 20.5. The van der Waals surface area contributed by atoms with E-state index >= 15 is 0 Å². The molecule has 7 heteroatoms. The van der Waals surface area contributed by atoms with Crippen LogP contribution < -0.4 is 15.4 Å². The fourth-order valence-electron chi connectivity index (χ4n) is 2.34. The monoisotopic (exact) mass is 388 g/mol. The van der Waals surface area contributed by atoms with Crippen molar-refractivity contribution >= 4 is 29.4 Å². The average Bonchev–Trinajstić information content (AvgIpc) is 2.64. The number of halogens is 1. The Kier molecular flexibility index (Phi) is 7.82. The minimum Gasteiger partial charge on any atom is -0.427 e. The van der Waals surface area contributed by atoms with Gasteiger partial charge in [0.2, 0.25) is 5.91 Å².